The van der Waals surface area contributed by atoms with Crippen LogP contribution in [0.15, 0.2) is 53.0 Å². The summed E-state index contributed by atoms with van der Waals surface area (Å²) in [6.07, 6.45) is 0. The Hall–Kier alpha value is -2.28. The molecule has 0 aromatic heterocycles. The maximum absolute atomic E-state index is 6.08. The molecule has 0 atom stereocenters. The monoisotopic (exact) mass is 509 g/mol. The molecule has 0 unspecified atom stereocenters. The Bertz CT molecular complexity index is 1080. The van der Waals surface area contributed by atoms with E-state index in [-0.39, 0.29) is 6.79 Å². The molecular weight excluding hydrogens is 493 g/mol. The van der Waals surface area contributed by atoms with Crippen molar-refractivity contribution < 1.29 is 18.9 Å². The minimum atomic E-state index is 0.255. The van der Waals surface area contributed by atoms with Crippen LogP contribution in [0.4, 0.5) is 5.69 Å². The van der Waals surface area contributed by atoms with Crippen LogP contribution >= 0.6 is 39.1 Å². The third-order valence-electron chi connectivity index (χ3n) is 4.57. The maximum Gasteiger partial charge on any atom is 0.231 e. The van der Waals surface area contributed by atoms with Gasteiger partial charge in [-0.1, -0.05) is 45.2 Å². The first kappa shape index (κ1) is 21.0. The minimum absolute atomic E-state index is 0.255. The zero-order chi connectivity index (χ0) is 21.1. The second kappa shape index (κ2) is 9.25. The molecule has 0 saturated carbocycles. The number of hydrogen-bond donors (Lipinski definition) is 1. The van der Waals surface area contributed by atoms with Gasteiger partial charge in [0, 0.05) is 22.8 Å². The van der Waals surface area contributed by atoms with Crippen molar-refractivity contribution in [2.24, 2.45) is 0 Å². The number of nitrogens with one attached hydrogen (secondary N) is 1. The van der Waals surface area contributed by atoms with Crippen molar-refractivity contribution in [3.63, 3.8) is 0 Å². The fourth-order valence-electron chi connectivity index (χ4n) is 2.98. The first-order chi connectivity index (χ1) is 14.5. The fraction of sp³-hybridized carbons (Fsp3) is 0.182. The lowest BCUT2D eigenvalue weighted by molar-refractivity contribution is 0.174. The van der Waals surface area contributed by atoms with Gasteiger partial charge in [0.25, 0.3) is 0 Å². The molecule has 4 rings (SSSR count). The molecule has 0 spiro atoms. The summed E-state index contributed by atoms with van der Waals surface area (Å²) >= 11 is 15.7. The molecule has 0 amide bonds. The highest BCUT2D eigenvalue weighted by molar-refractivity contribution is 9.10. The molecule has 1 N–H and O–H groups in total. The van der Waals surface area contributed by atoms with Gasteiger partial charge in [-0.2, -0.15) is 0 Å². The normalized spacial score (nSPS) is 12.0. The van der Waals surface area contributed by atoms with Gasteiger partial charge in [-0.3, -0.25) is 0 Å². The summed E-state index contributed by atoms with van der Waals surface area (Å²) in [5, 5.41) is 4.39. The molecule has 156 valence electrons. The third-order valence-corrected chi connectivity index (χ3v) is 6.04. The Labute approximate surface area is 192 Å². The zero-order valence-corrected chi connectivity index (χ0v) is 19.1. The minimum Gasteiger partial charge on any atom is -0.493 e. The quantitative estimate of drug-likeness (QED) is 0.384. The summed E-state index contributed by atoms with van der Waals surface area (Å²) in [5.41, 5.74) is 2.87. The van der Waals surface area contributed by atoms with Crippen LogP contribution in [0.25, 0.3) is 0 Å². The number of hydrogen-bond acceptors (Lipinski definition) is 5. The first-order valence-electron chi connectivity index (χ1n) is 9.10. The molecule has 0 bridgehead atoms. The standard InChI is InChI=1S/C22H18BrCl2NO4/c1-27-20-7-14(10-26-15-3-5-19-21(8-15)30-12-29-19)16(23)9-22(20)28-11-13-2-4-17(24)18(25)6-13/h2-9,26H,10-12H2,1H3. The lowest BCUT2D eigenvalue weighted by Crippen LogP contribution is -2.03. The zero-order valence-electron chi connectivity index (χ0n) is 16.0. The van der Waals surface area contributed by atoms with Crippen LogP contribution in [0, 0.1) is 0 Å². The van der Waals surface area contributed by atoms with Crippen LogP contribution in [-0.2, 0) is 13.2 Å². The molecule has 3 aromatic carbocycles. The smallest absolute Gasteiger partial charge is 0.231 e. The number of ether oxygens (including phenoxy) is 4. The predicted octanol–water partition coefficient (Wildman–Crippen LogP) is 6.68. The van der Waals surface area contributed by atoms with Gasteiger partial charge in [-0.15, -0.1) is 0 Å². The van der Waals surface area contributed by atoms with Crippen molar-refractivity contribution in [3.8, 4) is 23.0 Å². The van der Waals surface area contributed by atoms with Gasteiger partial charge in [-0.05, 0) is 47.5 Å². The van der Waals surface area contributed by atoms with Gasteiger partial charge in [-0.25, -0.2) is 0 Å². The second-order valence-corrected chi connectivity index (χ2v) is 8.22. The summed E-state index contributed by atoms with van der Waals surface area (Å²) < 4.78 is 23.1. The van der Waals surface area contributed by atoms with E-state index in [1.807, 2.05) is 36.4 Å². The molecule has 30 heavy (non-hydrogen) atoms. The molecule has 1 aliphatic heterocycles. The van der Waals surface area contributed by atoms with E-state index in [1.165, 1.54) is 0 Å². The largest absolute Gasteiger partial charge is 0.493 e. The maximum atomic E-state index is 6.08. The Kier molecular flexibility index (Phi) is 6.46. The van der Waals surface area contributed by atoms with Gasteiger partial charge in [0.2, 0.25) is 6.79 Å². The van der Waals surface area contributed by atoms with E-state index in [1.54, 1.807) is 19.2 Å². The van der Waals surface area contributed by atoms with E-state index in [0.29, 0.717) is 34.7 Å². The first-order valence-corrected chi connectivity index (χ1v) is 10.6. The van der Waals surface area contributed by atoms with E-state index in [0.717, 1.165) is 32.8 Å². The molecular formula is C22H18BrCl2NO4. The summed E-state index contributed by atoms with van der Waals surface area (Å²) in [4.78, 5) is 0. The van der Waals surface area contributed by atoms with Crippen molar-refractivity contribution in [1.29, 1.82) is 0 Å². The fourth-order valence-corrected chi connectivity index (χ4v) is 3.76. The number of benzene rings is 3. The van der Waals surface area contributed by atoms with E-state index >= 15 is 0 Å². The van der Waals surface area contributed by atoms with E-state index in [2.05, 4.69) is 21.2 Å². The second-order valence-electron chi connectivity index (χ2n) is 6.55. The lowest BCUT2D eigenvalue weighted by Gasteiger charge is -2.15. The summed E-state index contributed by atoms with van der Waals surface area (Å²) in [6, 6.07) is 15.0. The number of rotatable bonds is 7. The average molecular weight is 511 g/mol. The molecule has 0 saturated heterocycles. The van der Waals surface area contributed by atoms with Crippen molar-refractivity contribution in [1.82, 2.24) is 0 Å². The van der Waals surface area contributed by atoms with Crippen molar-refractivity contribution in [2.45, 2.75) is 13.2 Å². The molecule has 1 heterocycles. The Morgan fingerprint density at radius 2 is 1.80 bits per heavy atom. The van der Waals surface area contributed by atoms with Gasteiger partial charge in [0.1, 0.15) is 6.61 Å². The van der Waals surface area contributed by atoms with Crippen LogP contribution in [0.5, 0.6) is 23.0 Å². The number of methoxy groups -OCH3 is 1. The van der Waals surface area contributed by atoms with Crippen LogP contribution in [-0.4, -0.2) is 13.9 Å². The molecule has 0 aliphatic carbocycles. The average Bonchev–Trinajstić information content (AvgIpc) is 3.21. The topological polar surface area (TPSA) is 49.0 Å². The molecule has 0 fully saturated rings. The molecule has 8 heteroatoms. The van der Waals surface area contributed by atoms with Crippen LogP contribution < -0.4 is 24.3 Å². The van der Waals surface area contributed by atoms with E-state index in [9.17, 15) is 0 Å². The van der Waals surface area contributed by atoms with Gasteiger partial charge in [0.15, 0.2) is 23.0 Å². The van der Waals surface area contributed by atoms with Crippen molar-refractivity contribution >= 4 is 44.8 Å². The Morgan fingerprint density at radius 3 is 2.60 bits per heavy atom. The highest BCUT2D eigenvalue weighted by Gasteiger charge is 2.14. The molecule has 5 nitrogen and oxygen atoms in total. The number of fused-ring (bicyclic) bond motifs is 1. The third kappa shape index (κ3) is 4.72. The lowest BCUT2D eigenvalue weighted by atomic mass is 10.2. The summed E-state index contributed by atoms with van der Waals surface area (Å²) in [5.74, 6) is 2.76. The predicted molar refractivity (Wildman–Crippen MR) is 121 cm³/mol. The van der Waals surface area contributed by atoms with Crippen molar-refractivity contribution in [3.05, 3.63) is 74.2 Å². The summed E-state index contributed by atoms with van der Waals surface area (Å²) in [6.45, 7) is 1.18. The molecule has 1 aliphatic rings. The Balaban J connectivity index is 1.45. The highest BCUT2D eigenvalue weighted by atomic mass is 79.9. The van der Waals surface area contributed by atoms with Gasteiger partial charge in [0.05, 0.1) is 17.2 Å². The van der Waals surface area contributed by atoms with E-state index in [4.69, 9.17) is 42.1 Å². The van der Waals surface area contributed by atoms with Crippen LogP contribution in [0.2, 0.25) is 10.0 Å². The highest BCUT2D eigenvalue weighted by Crippen LogP contribution is 2.36. The molecule has 0 radical (unpaired) electrons. The van der Waals surface area contributed by atoms with Gasteiger partial charge >= 0.3 is 0 Å². The van der Waals surface area contributed by atoms with Gasteiger partial charge < -0.3 is 24.3 Å². The number of anilines is 1. The van der Waals surface area contributed by atoms with Crippen LogP contribution in [0.1, 0.15) is 11.1 Å². The SMILES string of the molecule is COc1cc(CNc2ccc3c(c2)OCO3)c(Br)cc1OCc1ccc(Cl)c(Cl)c1. The number of halogens is 3. The Morgan fingerprint density at radius 1 is 0.967 bits per heavy atom. The van der Waals surface area contributed by atoms with Crippen LogP contribution in [0.3, 0.4) is 0 Å². The van der Waals surface area contributed by atoms with Crippen molar-refractivity contribution in [2.75, 3.05) is 19.2 Å². The van der Waals surface area contributed by atoms with E-state index < -0.39 is 0 Å². The summed E-state index contributed by atoms with van der Waals surface area (Å²) in [7, 11) is 1.62. The molecule has 3 aromatic rings.